The van der Waals surface area contributed by atoms with Crippen molar-refractivity contribution in [1.82, 2.24) is 5.32 Å². The molecule has 2 unspecified atom stereocenters. The third-order valence-electron chi connectivity index (χ3n) is 3.22. The van der Waals surface area contributed by atoms with Gasteiger partial charge in [-0.25, -0.2) is 0 Å². The first-order valence-electron chi connectivity index (χ1n) is 7.59. The van der Waals surface area contributed by atoms with E-state index in [9.17, 15) is 0 Å². The summed E-state index contributed by atoms with van der Waals surface area (Å²) in [5.74, 6) is 0. The van der Waals surface area contributed by atoms with Crippen molar-refractivity contribution < 1.29 is 4.74 Å². The minimum atomic E-state index is 0.421. The van der Waals surface area contributed by atoms with Crippen molar-refractivity contribution in [2.45, 2.75) is 84.8 Å². The van der Waals surface area contributed by atoms with Crippen LogP contribution >= 0.6 is 0 Å². The van der Waals surface area contributed by atoms with Gasteiger partial charge in [-0.1, -0.05) is 46.5 Å². The summed E-state index contributed by atoms with van der Waals surface area (Å²) in [6.07, 6.45) is 9.33. The van der Waals surface area contributed by atoms with E-state index in [1.54, 1.807) is 0 Å². The quantitative estimate of drug-likeness (QED) is 0.520. The third-order valence-corrected chi connectivity index (χ3v) is 3.22. The lowest BCUT2D eigenvalue weighted by molar-refractivity contribution is 0.0424. The number of hydrogen-bond acceptors (Lipinski definition) is 2. The average molecular weight is 243 g/mol. The summed E-state index contributed by atoms with van der Waals surface area (Å²) in [5.41, 5.74) is 0. The summed E-state index contributed by atoms with van der Waals surface area (Å²) >= 11 is 0. The number of rotatable bonds is 12. The molecule has 0 radical (unpaired) electrons. The Morgan fingerprint density at radius 1 is 1.00 bits per heavy atom. The number of nitrogens with one attached hydrogen (secondary N) is 1. The van der Waals surface area contributed by atoms with E-state index in [0.29, 0.717) is 12.1 Å². The molecule has 2 atom stereocenters. The molecule has 1 N–H and O–H groups in total. The van der Waals surface area contributed by atoms with Gasteiger partial charge >= 0.3 is 0 Å². The monoisotopic (exact) mass is 243 g/mol. The normalized spacial score (nSPS) is 14.8. The van der Waals surface area contributed by atoms with Crippen LogP contribution in [0.2, 0.25) is 0 Å². The second-order valence-corrected chi connectivity index (χ2v) is 5.05. The van der Waals surface area contributed by atoms with Gasteiger partial charge in [-0.3, -0.25) is 0 Å². The predicted molar refractivity (Wildman–Crippen MR) is 76.5 cm³/mol. The van der Waals surface area contributed by atoms with E-state index in [-0.39, 0.29) is 0 Å². The van der Waals surface area contributed by atoms with Crippen LogP contribution in [0.25, 0.3) is 0 Å². The highest BCUT2D eigenvalue weighted by Gasteiger charge is 2.08. The van der Waals surface area contributed by atoms with Crippen molar-refractivity contribution in [1.29, 1.82) is 0 Å². The van der Waals surface area contributed by atoms with Gasteiger partial charge in [0.25, 0.3) is 0 Å². The zero-order valence-electron chi connectivity index (χ0n) is 12.4. The predicted octanol–water partition coefficient (Wildman–Crippen LogP) is 4.14. The van der Waals surface area contributed by atoms with Crippen molar-refractivity contribution in [2.24, 2.45) is 0 Å². The molecule has 0 aromatic carbocycles. The van der Waals surface area contributed by atoms with Crippen LogP contribution in [-0.2, 0) is 4.74 Å². The lowest BCUT2D eigenvalue weighted by atomic mass is 10.1. The molecule has 2 heteroatoms. The molecule has 2 nitrogen and oxygen atoms in total. The fourth-order valence-electron chi connectivity index (χ4n) is 1.89. The molecule has 0 aromatic heterocycles. The van der Waals surface area contributed by atoms with Gasteiger partial charge in [0.1, 0.15) is 0 Å². The van der Waals surface area contributed by atoms with Crippen molar-refractivity contribution in [3.05, 3.63) is 0 Å². The van der Waals surface area contributed by atoms with Gasteiger partial charge in [-0.2, -0.15) is 0 Å². The van der Waals surface area contributed by atoms with E-state index in [0.717, 1.165) is 19.6 Å². The third kappa shape index (κ3) is 10.8. The first-order valence-corrected chi connectivity index (χ1v) is 7.59. The molecule has 0 amide bonds. The number of ether oxygens (including phenoxy) is 1. The van der Waals surface area contributed by atoms with Crippen molar-refractivity contribution in [2.75, 3.05) is 13.2 Å². The molecule has 0 aliphatic rings. The fourth-order valence-corrected chi connectivity index (χ4v) is 1.89. The van der Waals surface area contributed by atoms with Crippen LogP contribution in [0, 0.1) is 0 Å². The first kappa shape index (κ1) is 16.9. The maximum Gasteiger partial charge on any atom is 0.0623 e. The molecule has 0 saturated heterocycles. The van der Waals surface area contributed by atoms with Crippen LogP contribution < -0.4 is 5.32 Å². The second kappa shape index (κ2) is 12.4. The maximum atomic E-state index is 5.91. The molecule has 0 aliphatic carbocycles. The van der Waals surface area contributed by atoms with Gasteiger partial charge in [0, 0.05) is 6.04 Å². The highest BCUT2D eigenvalue weighted by Crippen LogP contribution is 2.08. The zero-order chi connectivity index (χ0) is 12.9. The Kier molecular flexibility index (Phi) is 12.3. The van der Waals surface area contributed by atoms with Crippen LogP contribution in [0.4, 0.5) is 0 Å². The Bertz CT molecular complexity index is 150. The van der Waals surface area contributed by atoms with Crippen LogP contribution in [0.1, 0.15) is 72.6 Å². The second-order valence-electron chi connectivity index (χ2n) is 5.05. The minimum Gasteiger partial charge on any atom is -0.377 e. The maximum absolute atomic E-state index is 5.91. The van der Waals surface area contributed by atoms with E-state index in [2.05, 4.69) is 33.0 Å². The van der Waals surface area contributed by atoms with E-state index >= 15 is 0 Å². The summed E-state index contributed by atoms with van der Waals surface area (Å²) in [6.45, 7) is 10.9. The summed E-state index contributed by atoms with van der Waals surface area (Å²) in [6, 6.07) is 0.535. The van der Waals surface area contributed by atoms with Crippen LogP contribution in [-0.4, -0.2) is 25.3 Å². The topological polar surface area (TPSA) is 21.3 Å². The molecule has 17 heavy (non-hydrogen) atoms. The van der Waals surface area contributed by atoms with Crippen molar-refractivity contribution in [3.8, 4) is 0 Å². The van der Waals surface area contributed by atoms with Gasteiger partial charge in [0.05, 0.1) is 12.7 Å². The van der Waals surface area contributed by atoms with E-state index < -0.39 is 0 Å². The number of unbranched alkanes of at least 4 members (excludes halogenated alkanes) is 3. The Labute approximate surface area is 109 Å². The summed E-state index contributed by atoms with van der Waals surface area (Å²) in [5, 5.41) is 3.53. The van der Waals surface area contributed by atoms with E-state index in [1.165, 1.54) is 38.5 Å². The van der Waals surface area contributed by atoms with Gasteiger partial charge in [-0.15, -0.1) is 0 Å². The molecule has 0 bridgehead atoms. The Balaban J connectivity index is 3.48. The molecule has 104 valence electrons. The van der Waals surface area contributed by atoms with Gasteiger partial charge in [0.15, 0.2) is 0 Å². The van der Waals surface area contributed by atoms with E-state index in [4.69, 9.17) is 4.74 Å². The molecule has 0 fully saturated rings. The highest BCUT2D eigenvalue weighted by atomic mass is 16.5. The van der Waals surface area contributed by atoms with Crippen LogP contribution in [0.5, 0.6) is 0 Å². The molecule has 0 heterocycles. The standard InChI is InChI=1S/C15H33NO/c1-5-8-9-10-11-14(4)17-13-15(7-3)16-12-6-2/h14-16H,5-13H2,1-4H3. The average Bonchev–Trinajstić information content (AvgIpc) is 2.35. The SMILES string of the molecule is CCCCCCC(C)OCC(CC)NCCC. The lowest BCUT2D eigenvalue weighted by Gasteiger charge is -2.20. The van der Waals surface area contributed by atoms with Crippen LogP contribution in [0.15, 0.2) is 0 Å². The molecular formula is C15H33NO. The zero-order valence-corrected chi connectivity index (χ0v) is 12.4. The molecule has 0 rings (SSSR count). The van der Waals surface area contributed by atoms with Gasteiger partial charge < -0.3 is 10.1 Å². The lowest BCUT2D eigenvalue weighted by Crippen LogP contribution is -2.34. The smallest absolute Gasteiger partial charge is 0.0623 e. The molecule has 0 saturated carbocycles. The van der Waals surface area contributed by atoms with E-state index in [1.807, 2.05) is 0 Å². The Morgan fingerprint density at radius 2 is 1.76 bits per heavy atom. The van der Waals surface area contributed by atoms with Gasteiger partial charge in [-0.05, 0) is 32.7 Å². The molecule has 0 aliphatic heterocycles. The highest BCUT2D eigenvalue weighted by molar-refractivity contribution is 4.64. The summed E-state index contributed by atoms with van der Waals surface area (Å²) in [7, 11) is 0. The summed E-state index contributed by atoms with van der Waals surface area (Å²) in [4.78, 5) is 0. The van der Waals surface area contributed by atoms with Crippen molar-refractivity contribution >= 4 is 0 Å². The number of hydrogen-bond donors (Lipinski definition) is 1. The largest absolute Gasteiger partial charge is 0.377 e. The Morgan fingerprint density at radius 3 is 2.35 bits per heavy atom. The van der Waals surface area contributed by atoms with Crippen LogP contribution in [0.3, 0.4) is 0 Å². The first-order chi connectivity index (χ1) is 8.24. The molecule has 0 aromatic rings. The summed E-state index contributed by atoms with van der Waals surface area (Å²) < 4.78 is 5.91. The molecule has 0 spiro atoms. The van der Waals surface area contributed by atoms with Crippen molar-refractivity contribution in [3.63, 3.8) is 0 Å². The van der Waals surface area contributed by atoms with Gasteiger partial charge in [0.2, 0.25) is 0 Å². The Hall–Kier alpha value is -0.0800. The molecular weight excluding hydrogens is 210 g/mol. The fraction of sp³-hybridized carbons (Fsp3) is 1.00. The minimum absolute atomic E-state index is 0.421.